The Morgan fingerprint density at radius 3 is 2.00 bits per heavy atom. The van der Waals surface area contributed by atoms with E-state index in [9.17, 15) is 0 Å². The average molecular weight is 190 g/mol. The van der Waals surface area contributed by atoms with Crippen molar-refractivity contribution in [3.05, 3.63) is 0 Å². The Hall–Kier alpha value is 0.137. The van der Waals surface area contributed by atoms with Gasteiger partial charge in [0.2, 0.25) is 0 Å². The third-order valence-electron chi connectivity index (χ3n) is 2.00. The molecule has 0 fully saturated rings. The van der Waals surface area contributed by atoms with E-state index in [-0.39, 0.29) is 6.29 Å². The third-order valence-corrected chi connectivity index (χ3v) is 3.39. The Kier molecular flexibility index (Phi) is 7.86. The van der Waals surface area contributed by atoms with Crippen LogP contribution in [-0.2, 0) is 9.47 Å². The van der Waals surface area contributed by atoms with E-state index < -0.39 is 0 Å². The number of rotatable bonds is 7. The smallest absolute Gasteiger partial charge is 0.157 e. The fourth-order valence-electron chi connectivity index (χ4n) is 1.05. The molecule has 0 N–H and O–H groups in total. The standard InChI is InChI=1S/C9H22O2Si/c1-4-10-9(11-5-2)6-8(3)7-12/h8-9H,4-7H2,1-3,12H3. The van der Waals surface area contributed by atoms with E-state index in [2.05, 4.69) is 6.92 Å². The van der Waals surface area contributed by atoms with Gasteiger partial charge in [-0.1, -0.05) is 13.0 Å². The van der Waals surface area contributed by atoms with Crippen molar-refractivity contribution in [1.29, 1.82) is 0 Å². The van der Waals surface area contributed by atoms with Gasteiger partial charge in [0.25, 0.3) is 0 Å². The largest absolute Gasteiger partial charge is 0.353 e. The second-order valence-electron chi connectivity index (χ2n) is 3.09. The van der Waals surface area contributed by atoms with E-state index in [1.807, 2.05) is 13.8 Å². The van der Waals surface area contributed by atoms with E-state index in [4.69, 9.17) is 9.47 Å². The summed E-state index contributed by atoms with van der Waals surface area (Å²) in [4.78, 5) is 0. The van der Waals surface area contributed by atoms with E-state index in [0.29, 0.717) is 0 Å². The minimum Gasteiger partial charge on any atom is -0.353 e. The Bertz CT molecular complexity index is 92.5. The quantitative estimate of drug-likeness (QED) is 0.443. The summed E-state index contributed by atoms with van der Waals surface area (Å²) in [5, 5.41) is 0. The Balaban J connectivity index is 3.61. The SMILES string of the molecule is CCOC(CC(C)C[SiH3])OCC. The molecule has 1 atom stereocenters. The zero-order valence-electron chi connectivity index (χ0n) is 8.80. The molecule has 0 aromatic carbocycles. The molecule has 0 bridgehead atoms. The average Bonchev–Trinajstić information content (AvgIpc) is 2.05. The van der Waals surface area contributed by atoms with Gasteiger partial charge in [-0.15, -0.1) is 0 Å². The molecule has 0 aliphatic rings. The summed E-state index contributed by atoms with van der Waals surface area (Å²) in [6.45, 7) is 7.78. The first-order valence-corrected chi connectivity index (χ1v) is 6.39. The highest BCUT2D eigenvalue weighted by atomic mass is 28.1. The first-order valence-electron chi connectivity index (χ1n) is 4.97. The van der Waals surface area contributed by atoms with Gasteiger partial charge in [-0.2, -0.15) is 0 Å². The van der Waals surface area contributed by atoms with Crippen molar-refractivity contribution in [2.24, 2.45) is 5.92 Å². The van der Waals surface area contributed by atoms with Crippen molar-refractivity contribution in [2.45, 2.75) is 39.5 Å². The first-order chi connectivity index (χ1) is 5.74. The maximum absolute atomic E-state index is 5.45. The summed E-state index contributed by atoms with van der Waals surface area (Å²) in [5.74, 6) is 0.750. The Labute approximate surface area is 79.1 Å². The predicted molar refractivity (Wildman–Crippen MR) is 55.6 cm³/mol. The van der Waals surface area contributed by atoms with Crippen LogP contribution in [0.2, 0.25) is 6.04 Å². The third kappa shape index (κ3) is 5.74. The van der Waals surface area contributed by atoms with Crippen LogP contribution in [0.15, 0.2) is 0 Å². The molecular formula is C9H22O2Si. The lowest BCUT2D eigenvalue weighted by molar-refractivity contribution is -0.144. The fourth-order valence-corrected chi connectivity index (χ4v) is 1.38. The van der Waals surface area contributed by atoms with Gasteiger partial charge < -0.3 is 9.47 Å². The normalized spacial score (nSPS) is 14.0. The number of hydrogen-bond donors (Lipinski definition) is 0. The van der Waals surface area contributed by atoms with Crippen molar-refractivity contribution in [1.82, 2.24) is 0 Å². The van der Waals surface area contributed by atoms with Gasteiger partial charge in [-0.25, -0.2) is 0 Å². The van der Waals surface area contributed by atoms with Crippen LogP contribution in [0.4, 0.5) is 0 Å². The molecule has 0 aliphatic heterocycles. The van der Waals surface area contributed by atoms with Crippen LogP contribution in [0.3, 0.4) is 0 Å². The molecule has 74 valence electrons. The lowest BCUT2D eigenvalue weighted by atomic mass is 10.1. The summed E-state index contributed by atoms with van der Waals surface area (Å²) in [5.41, 5.74) is 0. The van der Waals surface area contributed by atoms with E-state index in [1.165, 1.54) is 16.3 Å². The van der Waals surface area contributed by atoms with Crippen molar-refractivity contribution in [2.75, 3.05) is 13.2 Å². The number of ether oxygens (including phenoxy) is 2. The Morgan fingerprint density at radius 1 is 1.17 bits per heavy atom. The monoisotopic (exact) mass is 190 g/mol. The van der Waals surface area contributed by atoms with Gasteiger partial charge >= 0.3 is 0 Å². The van der Waals surface area contributed by atoms with Crippen LogP contribution in [0, 0.1) is 5.92 Å². The highest BCUT2D eigenvalue weighted by Gasteiger charge is 2.11. The lowest BCUT2D eigenvalue weighted by Crippen LogP contribution is -2.20. The molecule has 0 rings (SSSR count). The van der Waals surface area contributed by atoms with Gasteiger partial charge in [-0.3, -0.25) is 0 Å². The second kappa shape index (κ2) is 7.77. The minimum atomic E-state index is 0.0314. The molecule has 0 saturated carbocycles. The molecule has 0 saturated heterocycles. The van der Waals surface area contributed by atoms with Crippen molar-refractivity contribution < 1.29 is 9.47 Å². The summed E-state index contributed by atoms with van der Waals surface area (Å²) >= 11 is 0. The molecule has 0 heterocycles. The van der Waals surface area contributed by atoms with Crippen LogP contribution < -0.4 is 0 Å². The first kappa shape index (κ1) is 12.1. The molecule has 0 amide bonds. The van der Waals surface area contributed by atoms with Crippen LogP contribution in [0.1, 0.15) is 27.2 Å². The summed E-state index contributed by atoms with van der Waals surface area (Å²) < 4.78 is 10.9. The van der Waals surface area contributed by atoms with Gasteiger partial charge in [0.1, 0.15) is 0 Å². The van der Waals surface area contributed by atoms with Gasteiger partial charge in [0.15, 0.2) is 6.29 Å². The van der Waals surface area contributed by atoms with Crippen molar-refractivity contribution in [3.8, 4) is 0 Å². The van der Waals surface area contributed by atoms with Crippen LogP contribution in [0.5, 0.6) is 0 Å². The molecule has 2 nitrogen and oxygen atoms in total. The summed E-state index contributed by atoms with van der Waals surface area (Å²) in [6.07, 6.45) is 1.08. The zero-order chi connectivity index (χ0) is 9.40. The maximum atomic E-state index is 5.45. The van der Waals surface area contributed by atoms with Crippen LogP contribution in [0.25, 0.3) is 0 Å². The molecule has 0 spiro atoms. The fraction of sp³-hybridized carbons (Fsp3) is 1.00. The topological polar surface area (TPSA) is 18.5 Å². The van der Waals surface area contributed by atoms with Crippen LogP contribution >= 0.6 is 0 Å². The summed E-state index contributed by atoms with van der Waals surface area (Å²) in [7, 11) is 1.28. The van der Waals surface area contributed by atoms with Crippen LogP contribution in [-0.4, -0.2) is 29.7 Å². The van der Waals surface area contributed by atoms with Crippen molar-refractivity contribution >= 4 is 10.2 Å². The molecule has 3 heteroatoms. The highest BCUT2D eigenvalue weighted by Crippen LogP contribution is 2.12. The maximum Gasteiger partial charge on any atom is 0.157 e. The van der Waals surface area contributed by atoms with Gasteiger partial charge in [-0.05, 0) is 19.8 Å². The molecule has 12 heavy (non-hydrogen) atoms. The molecule has 0 aromatic heterocycles. The zero-order valence-corrected chi connectivity index (χ0v) is 10.8. The number of hydrogen-bond acceptors (Lipinski definition) is 2. The second-order valence-corrected chi connectivity index (χ2v) is 3.91. The predicted octanol–water partition coefficient (Wildman–Crippen LogP) is 1.20. The molecule has 0 aliphatic carbocycles. The van der Waals surface area contributed by atoms with E-state index in [0.717, 1.165) is 25.6 Å². The molecule has 0 aromatic rings. The van der Waals surface area contributed by atoms with E-state index in [1.54, 1.807) is 0 Å². The van der Waals surface area contributed by atoms with E-state index >= 15 is 0 Å². The minimum absolute atomic E-state index is 0.0314. The lowest BCUT2D eigenvalue weighted by Gasteiger charge is -2.19. The molecule has 1 unspecified atom stereocenters. The summed E-state index contributed by atoms with van der Waals surface area (Å²) in [6, 6.07) is 1.33. The molecule has 0 radical (unpaired) electrons. The van der Waals surface area contributed by atoms with Gasteiger partial charge in [0.05, 0.1) is 0 Å². The van der Waals surface area contributed by atoms with Gasteiger partial charge in [0, 0.05) is 29.9 Å². The Morgan fingerprint density at radius 2 is 1.67 bits per heavy atom. The molecular weight excluding hydrogens is 168 g/mol. The van der Waals surface area contributed by atoms with Crippen molar-refractivity contribution in [3.63, 3.8) is 0 Å². The highest BCUT2D eigenvalue weighted by molar-refractivity contribution is 6.08.